The zero-order valence-electron chi connectivity index (χ0n) is 2.49. The van der Waals surface area contributed by atoms with Crippen molar-refractivity contribution in [3.8, 4) is 0 Å². The van der Waals surface area contributed by atoms with Gasteiger partial charge in [0.05, 0.1) is 0 Å². The molecule has 0 spiro atoms. The summed E-state index contributed by atoms with van der Waals surface area (Å²) in [4.78, 5) is 0. The topological polar surface area (TPSA) is 0 Å². The van der Waals surface area contributed by atoms with Crippen LogP contribution in [0.1, 0.15) is 0 Å². The lowest BCUT2D eigenvalue weighted by Crippen LogP contribution is -1.40. The highest BCUT2D eigenvalue weighted by molar-refractivity contribution is 7.78. The minimum Gasteiger partial charge on any atom is -0.0559 e. The molecule has 0 bridgehead atoms. The maximum atomic E-state index is 4.28. The summed E-state index contributed by atoms with van der Waals surface area (Å²) in [6.07, 6.45) is 0. The van der Waals surface area contributed by atoms with E-state index >= 15 is 0 Å². The molecular formula is C2H4SSi. The van der Waals surface area contributed by atoms with E-state index in [2.05, 4.69) is 17.2 Å². The molecule has 0 heterocycles. The summed E-state index contributed by atoms with van der Waals surface area (Å²) in [5, 5.41) is 2.45. The van der Waals surface area contributed by atoms with E-state index in [1.54, 1.807) is 0 Å². The summed E-state index contributed by atoms with van der Waals surface area (Å²) in [7, 11) is 1.05. The molecule has 4 heavy (non-hydrogen) atoms. The van der Waals surface area contributed by atoms with Gasteiger partial charge in [-0.15, -0.1) is 0 Å². The average Bonchev–Trinajstić information content (AvgIpc) is 1.37. The summed E-state index contributed by atoms with van der Waals surface area (Å²) >= 11 is 4.28. The predicted molar refractivity (Wildman–Crippen MR) is 27.1 cm³/mol. The minimum absolute atomic E-state index is 1.05. The van der Waals surface area contributed by atoms with Crippen LogP contribution >= 0.6 is 12.2 Å². The van der Waals surface area contributed by atoms with Crippen LogP contribution in [0.15, 0.2) is 5.70 Å². The Kier molecular flexibility index (Phi) is 3.15. The number of thiocarbonyl (C=S) groups is 1. The molecule has 0 aromatic carbocycles. The Morgan fingerprint density at radius 1 is 2.00 bits per heavy atom. The molecule has 2 heteroatoms. The Bertz CT molecular complexity index is 44.0. The fourth-order valence-electron chi connectivity index (χ4n) is 0. The molecule has 0 amide bonds. The highest BCUT2D eigenvalue weighted by atomic mass is 32.1. The Morgan fingerprint density at radius 2 is 2.25 bits per heavy atom. The molecule has 0 fully saturated rings. The lowest BCUT2D eigenvalue weighted by Gasteiger charge is -1.34. The van der Waals surface area contributed by atoms with Crippen molar-refractivity contribution >= 4 is 27.5 Å². The molecule has 0 rings (SSSR count). The lowest BCUT2D eigenvalue weighted by atomic mass is 11.3. The number of rotatable bonds is 0. The molecule has 0 aliphatic carbocycles. The van der Waals surface area contributed by atoms with Crippen LogP contribution in [0.2, 0.25) is 0 Å². The van der Waals surface area contributed by atoms with Gasteiger partial charge in [0.15, 0.2) is 0 Å². The van der Waals surface area contributed by atoms with E-state index in [9.17, 15) is 0 Å². The fraction of sp³-hybridized carbons (Fsp3) is 0. The van der Waals surface area contributed by atoms with Gasteiger partial charge in [0.25, 0.3) is 0 Å². The van der Waals surface area contributed by atoms with E-state index in [1.165, 1.54) is 0 Å². The van der Waals surface area contributed by atoms with Crippen molar-refractivity contribution in [3.05, 3.63) is 5.70 Å². The Morgan fingerprint density at radius 3 is 2.25 bits per heavy atom. The second-order valence-electron chi connectivity index (χ2n) is 0.407. The van der Waals surface area contributed by atoms with Crippen LogP contribution in [0.5, 0.6) is 0 Å². The molecule has 0 aromatic heterocycles. The first-order valence-electron chi connectivity index (χ1n) is 1.07. The lowest BCUT2D eigenvalue weighted by molar-refractivity contribution is 2.91. The summed E-state index contributed by atoms with van der Waals surface area (Å²) in [5.41, 5.74) is 1.83. The van der Waals surface area contributed by atoms with Gasteiger partial charge >= 0.3 is 0 Å². The van der Waals surface area contributed by atoms with Crippen LogP contribution < -0.4 is 0 Å². The Labute approximate surface area is 33.9 Å². The van der Waals surface area contributed by atoms with Crippen molar-refractivity contribution in [3.63, 3.8) is 0 Å². The molecular weight excluding hydrogens is 84.2 g/mol. The minimum atomic E-state index is 1.05. The molecule has 0 aliphatic rings. The van der Waals surface area contributed by atoms with Crippen molar-refractivity contribution in [1.29, 1.82) is 0 Å². The van der Waals surface area contributed by atoms with Crippen molar-refractivity contribution < 1.29 is 0 Å². The van der Waals surface area contributed by atoms with Gasteiger partial charge in [-0.3, -0.25) is 0 Å². The Hall–Kier alpha value is 0.0869. The molecule has 0 radical (unpaired) electrons. The quantitative estimate of drug-likeness (QED) is 0.283. The molecule has 0 nitrogen and oxygen atoms in total. The maximum absolute atomic E-state index is 4.28. The summed E-state index contributed by atoms with van der Waals surface area (Å²) in [5.74, 6) is 0. The summed E-state index contributed by atoms with van der Waals surface area (Å²) in [6, 6.07) is 0. The SMILES string of the molecule is [SiH3]C=C=S. The molecule has 0 N–H and O–H groups in total. The average molecular weight is 88.2 g/mol. The van der Waals surface area contributed by atoms with Crippen LogP contribution in [0.3, 0.4) is 0 Å². The number of hydrogen-bond donors (Lipinski definition) is 0. The second-order valence-corrected chi connectivity index (χ2v) is 1.22. The Balaban J connectivity index is 3.11. The molecule has 0 saturated heterocycles. The first-order valence-corrected chi connectivity index (χ1v) is 2.63. The van der Waals surface area contributed by atoms with Gasteiger partial charge < -0.3 is 0 Å². The highest BCUT2D eigenvalue weighted by Crippen LogP contribution is 1.32. The monoisotopic (exact) mass is 88.0 g/mol. The van der Waals surface area contributed by atoms with Crippen molar-refractivity contribution in [2.75, 3.05) is 0 Å². The van der Waals surface area contributed by atoms with Gasteiger partial charge in [0.2, 0.25) is 0 Å². The zero-order chi connectivity index (χ0) is 3.41. The molecule has 0 aromatic rings. The summed E-state index contributed by atoms with van der Waals surface area (Å²) in [6.45, 7) is 0. The van der Waals surface area contributed by atoms with Gasteiger partial charge in [0, 0.05) is 10.2 Å². The van der Waals surface area contributed by atoms with Crippen LogP contribution in [0, 0.1) is 0 Å². The third kappa shape index (κ3) is 2.09. The van der Waals surface area contributed by atoms with Crippen LogP contribution in [-0.2, 0) is 0 Å². The van der Waals surface area contributed by atoms with Gasteiger partial charge in [0.1, 0.15) is 0 Å². The van der Waals surface area contributed by atoms with Crippen molar-refractivity contribution in [1.82, 2.24) is 0 Å². The van der Waals surface area contributed by atoms with E-state index < -0.39 is 0 Å². The van der Waals surface area contributed by atoms with E-state index in [0.29, 0.717) is 0 Å². The van der Waals surface area contributed by atoms with Gasteiger partial charge in [-0.2, -0.15) is 0 Å². The molecule has 0 atom stereocenters. The van der Waals surface area contributed by atoms with E-state index in [4.69, 9.17) is 0 Å². The molecule has 0 unspecified atom stereocenters. The van der Waals surface area contributed by atoms with Crippen LogP contribution in [0.4, 0.5) is 0 Å². The maximum Gasteiger partial charge on any atom is 0.0402 e. The molecule has 22 valence electrons. The van der Waals surface area contributed by atoms with Gasteiger partial charge in [-0.1, -0.05) is 10.7 Å². The molecule has 0 aliphatic heterocycles. The first kappa shape index (κ1) is 4.09. The largest absolute Gasteiger partial charge is 0.0559 e. The smallest absolute Gasteiger partial charge is 0.0402 e. The van der Waals surface area contributed by atoms with E-state index in [1.807, 2.05) is 5.70 Å². The normalized spacial score (nSPS) is 5.00. The fourth-order valence-corrected chi connectivity index (χ4v) is 0. The first-order chi connectivity index (χ1) is 1.91. The molecule has 0 saturated carbocycles. The third-order valence-electron chi connectivity index (χ3n) is 0.118. The second kappa shape index (κ2) is 3.09. The van der Waals surface area contributed by atoms with Crippen LogP contribution in [-0.4, -0.2) is 15.3 Å². The standard InChI is InChI=1S/C2H4SSi/c3-1-2-4/h2H,4H3. The van der Waals surface area contributed by atoms with E-state index in [0.717, 1.165) is 10.2 Å². The van der Waals surface area contributed by atoms with Crippen molar-refractivity contribution in [2.45, 2.75) is 0 Å². The highest BCUT2D eigenvalue weighted by Gasteiger charge is 1.28. The third-order valence-corrected chi connectivity index (χ3v) is 1.06. The van der Waals surface area contributed by atoms with Gasteiger partial charge in [-0.05, 0) is 12.2 Å². The van der Waals surface area contributed by atoms with Crippen molar-refractivity contribution in [2.24, 2.45) is 0 Å². The predicted octanol–water partition coefficient (Wildman–Crippen LogP) is -0.536. The number of hydrogen-bond acceptors (Lipinski definition) is 1. The van der Waals surface area contributed by atoms with E-state index in [-0.39, 0.29) is 0 Å². The zero-order valence-corrected chi connectivity index (χ0v) is 5.30. The van der Waals surface area contributed by atoms with Crippen LogP contribution in [0.25, 0.3) is 0 Å². The van der Waals surface area contributed by atoms with Gasteiger partial charge in [-0.25, -0.2) is 0 Å². The summed E-state index contributed by atoms with van der Waals surface area (Å²) < 4.78 is 0.